The first-order valence-electron chi connectivity index (χ1n) is 0.730. The van der Waals surface area contributed by atoms with Crippen LogP contribution in [0.2, 0.25) is 0 Å². The Balaban J connectivity index is -0.0000000800. The largest absolute Gasteiger partial charge is 1.00 e. The number of phosphoric acid groups is 1. The second-order valence-corrected chi connectivity index (χ2v) is 1.34. The van der Waals surface area contributed by atoms with Crippen LogP contribution in [0.15, 0.2) is 0 Å². The van der Waals surface area contributed by atoms with E-state index >= 15 is 0 Å². The molecule has 46 valence electrons. The molecule has 0 amide bonds. The first-order chi connectivity index (χ1) is 2.00. The van der Waals surface area contributed by atoms with Crippen molar-refractivity contribution in [2.24, 2.45) is 0 Å². The summed E-state index contributed by atoms with van der Waals surface area (Å²) in [5.41, 5.74) is 0. The molecule has 0 rings (SSSR count). The normalized spacial score (nSPS) is 8.43. The van der Waals surface area contributed by atoms with Gasteiger partial charge in [-0.05, 0) is 0 Å². The number of rotatable bonds is 0. The molecule has 0 aromatic rings. The quantitative estimate of drug-likeness (QED) is 0.344. The topological polar surface area (TPSA) is 86.2 Å². The van der Waals surface area contributed by atoms with Crippen molar-refractivity contribution in [3.8, 4) is 0 Å². The minimum Gasteiger partial charge on any atom is -0.822 e. The summed E-state index contributed by atoms with van der Waals surface area (Å²) in [7, 11) is -5.39. The molecular weight excluding hydrogens is 275 g/mol. The molecule has 0 saturated heterocycles. The zero-order valence-electron chi connectivity index (χ0n) is 2.88. The fourth-order valence-electron chi connectivity index (χ4n) is 0. The van der Waals surface area contributed by atoms with E-state index in [1.165, 1.54) is 0 Å². The molecule has 4 radical (unpaired) electrons. The van der Waals surface area contributed by atoms with Gasteiger partial charge in [0.2, 0.25) is 0 Å². The molecule has 0 N–H and O–H groups in total. The van der Waals surface area contributed by atoms with Crippen molar-refractivity contribution in [2.75, 3.05) is 0 Å². The molecule has 0 saturated carbocycles. The van der Waals surface area contributed by atoms with E-state index in [0.717, 1.165) is 0 Å². The van der Waals surface area contributed by atoms with E-state index in [1.54, 1.807) is 0 Å². The van der Waals surface area contributed by atoms with Gasteiger partial charge < -0.3 is 19.2 Å². The van der Waals surface area contributed by atoms with Gasteiger partial charge in [0.05, 0.1) is 0 Å². The third kappa shape index (κ3) is 111. The SMILES string of the molecule is O=P([O-])([O-])[O-].[Ag+].[Ge]. The summed E-state index contributed by atoms with van der Waals surface area (Å²) >= 11 is 0. The van der Waals surface area contributed by atoms with E-state index in [4.69, 9.17) is 19.2 Å². The molecule has 4 nitrogen and oxygen atoms in total. The fourth-order valence-corrected chi connectivity index (χ4v) is 0. The van der Waals surface area contributed by atoms with Gasteiger partial charge in [-0.2, -0.15) is 7.82 Å². The zero-order chi connectivity index (χ0) is 4.50. The van der Waals surface area contributed by atoms with Gasteiger partial charge in [0.15, 0.2) is 0 Å². The molecule has 0 aliphatic rings. The van der Waals surface area contributed by atoms with Crippen LogP contribution in [0.25, 0.3) is 0 Å². The maximum Gasteiger partial charge on any atom is 1.00 e. The van der Waals surface area contributed by atoms with Crippen LogP contribution in [0.5, 0.6) is 0 Å². The van der Waals surface area contributed by atoms with Gasteiger partial charge in [-0.25, -0.2) is 0 Å². The van der Waals surface area contributed by atoms with E-state index in [9.17, 15) is 0 Å². The minimum atomic E-state index is -5.39. The van der Waals surface area contributed by atoms with E-state index in [-0.39, 0.29) is 40.0 Å². The second kappa shape index (κ2) is 5.53. The van der Waals surface area contributed by atoms with Gasteiger partial charge in [-0.3, -0.25) is 0 Å². The maximum atomic E-state index is 8.55. The van der Waals surface area contributed by atoms with Gasteiger partial charge >= 0.3 is 22.4 Å². The molecule has 0 bridgehead atoms. The predicted molar refractivity (Wildman–Crippen MR) is 13.4 cm³/mol. The van der Waals surface area contributed by atoms with Gasteiger partial charge in [0.1, 0.15) is 0 Å². The molecule has 0 aliphatic carbocycles. The maximum absolute atomic E-state index is 8.55. The zero-order valence-corrected chi connectivity index (χ0v) is 7.36. The summed E-state index contributed by atoms with van der Waals surface area (Å²) in [4.78, 5) is 25.6. The molecule has 7 heteroatoms. The third-order valence-electron chi connectivity index (χ3n) is 0. The average molecular weight is 275 g/mol. The van der Waals surface area contributed by atoms with Crippen LogP contribution in [0, 0.1) is 0 Å². The molecule has 0 aromatic heterocycles. The second-order valence-electron chi connectivity index (χ2n) is 0.447. The van der Waals surface area contributed by atoms with Gasteiger partial charge in [0, 0.05) is 17.6 Å². The number of hydrogen-bond donors (Lipinski definition) is 0. The van der Waals surface area contributed by atoms with Crippen LogP contribution in [-0.2, 0) is 26.9 Å². The first kappa shape index (κ1) is 15.8. The summed E-state index contributed by atoms with van der Waals surface area (Å²) in [6, 6.07) is 0. The van der Waals surface area contributed by atoms with Crippen molar-refractivity contribution in [3.05, 3.63) is 0 Å². The third-order valence-corrected chi connectivity index (χ3v) is 0. The molecule has 0 spiro atoms. The van der Waals surface area contributed by atoms with E-state index in [0.29, 0.717) is 0 Å². The Kier molecular flexibility index (Phi) is 12.5. The number of hydrogen-bond acceptors (Lipinski definition) is 4. The average Bonchev–Trinajstić information content (AvgIpc) is 0.722. The van der Waals surface area contributed by atoms with Gasteiger partial charge in [0.25, 0.3) is 0 Å². The fraction of sp³-hybridized carbons (Fsp3) is 0. The summed E-state index contributed by atoms with van der Waals surface area (Å²) in [5.74, 6) is 0. The van der Waals surface area contributed by atoms with Crippen LogP contribution < -0.4 is 14.7 Å². The van der Waals surface area contributed by atoms with Crippen molar-refractivity contribution in [1.29, 1.82) is 0 Å². The Hall–Kier alpha value is 1.39. The monoisotopic (exact) mass is 276 g/mol. The first-order valence-corrected chi connectivity index (χ1v) is 2.19. The molecule has 0 heterocycles. The van der Waals surface area contributed by atoms with E-state index in [2.05, 4.69) is 0 Å². The molecule has 0 aromatic carbocycles. The smallest absolute Gasteiger partial charge is 0.822 e. The van der Waals surface area contributed by atoms with Crippen LogP contribution in [0.3, 0.4) is 0 Å². The Bertz CT molecular complexity index is 57.8. The Labute approximate surface area is 67.0 Å². The summed E-state index contributed by atoms with van der Waals surface area (Å²) < 4.78 is 8.55. The standard InChI is InChI=1S/Ag.Ge.H3O4P/c;;1-5(2,3)4/h;;(H3,1,2,3,4)/q+1;;/p-3. The molecule has 0 aliphatic heterocycles. The van der Waals surface area contributed by atoms with Crippen LogP contribution in [0.1, 0.15) is 0 Å². The van der Waals surface area contributed by atoms with Crippen molar-refractivity contribution in [2.45, 2.75) is 0 Å². The summed E-state index contributed by atoms with van der Waals surface area (Å²) in [5, 5.41) is 0. The van der Waals surface area contributed by atoms with Crippen molar-refractivity contribution in [1.82, 2.24) is 0 Å². The summed E-state index contributed by atoms with van der Waals surface area (Å²) in [6.45, 7) is 0. The Morgan fingerprint density at radius 2 is 1.14 bits per heavy atom. The van der Waals surface area contributed by atoms with Crippen molar-refractivity contribution >= 4 is 25.4 Å². The van der Waals surface area contributed by atoms with Crippen LogP contribution >= 0.6 is 7.82 Å². The Morgan fingerprint density at radius 3 is 1.14 bits per heavy atom. The molecule has 0 atom stereocenters. The van der Waals surface area contributed by atoms with Gasteiger partial charge in [-0.15, -0.1) is 0 Å². The van der Waals surface area contributed by atoms with Crippen LogP contribution in [0.4, 0.5) is 0 Å². The summed E-state index contributed by atoms with van der Waals surface area (Å²) in [6.07, 6.45) is 0. The Morgan fingerprint density at radius 1 is 1.14 bits per heavy atom. The van der Waals surface area contributed by atoms with Crippen LogP contribution in [-0.4, -0.2) is 17.6 Å². The van der Waals surface area contributed by atoms with Crippen molar-refractivity contribution in [3.63, 3.8) is 0 Å². The van der Waals surface area contributed by atoms with E-state index in [1.807, 2.05) is 0 Å². The molecular formula is AgGeO4P-2. The predicted octanol–water partition coefficient (Wildman–Crippen LogP) is -3.21. The molecule has 0 unspecified atom stereocenters. The van der Waals surface area contributed by atoms with E-state index < -0.39 is 7.82 Å². The van der Waals surface area contributed by atoms with Crippen molar-refractivity contribution < 1.29 is 41.6 Å². The van der Waals surface area contributed by atoms with Gasteiger partial charge in [-0.1, -0.05) is 0 Å². The molecule has 0 fully saturated rings. The minimum absolute atomic E-state index is 0. The molecule has 7 heavy (non-hydrogen) atoms.